The summed E-state index contributed by atoms with van der Waals surface area (Å²) in [6.07, 6.45) is 9.12. The molecule has 0 aromatic heterocycles. The molecule has 0 heterocycles. The molecule has 4 saturated carbocycles. The topological polar surface area (TPSA) is 40.5 Å². The van der Waals surface area contributed by atoms with Gasteiger partial charge in [0.2, 0.25) is 0 Å². The predicted octanol–water partition coefficient (Wildman–Crippen LogP) is 4.63. The number of aliphatic hydroxyl groups is 2. The van der Waals surface area contributed by atoms with E-state index in [0.29, 0.717) is 28.6 Å². The molecule has 0 aliphatic heterocycles. The van der Waals surface area contributed by atoms with Crippen LogP contribution in [-0.4, -0.2) is 22.4 Å². The fourth-order valence-electron chi connectivity index (χ4n) is 8.34. The number of rotatable bonds is 1. The van der Waals surface area contributed by atoms with Crippen molar-refractivity contribution in [3.05, 3.63) is 0 Å². The molecular formula is C22H38O2. The molecule has 0 radical (unpaired) electrons. The number of aliphatic hydroxyl groups excluding tert-OH is 2. The molecule has 24 heavy (non-hydrogen) atoms. The quantitative estimate of drug-likeness (QED) is 0.734. The summed E-state index contributed by atoms with van der Waals surface area (Å²) in [7, 11) is 0. The van der Waals surface area contributed by atoms with Crippen molar-refractivity contribution in [1.82, 2.24) is 0 Å². The zero-order valence-corrected chi connectivity index (χ0v) is 16.2. The van der Waals surface area contributed by atoms with Crippen molar-refractivity contribution in [3.63, 3.8) is 0 Å². The lowest BCUT2D eigenvalue weighted by atomic mass is 9.43. The maximum Gasteiger partial charge on any atom is 0.0577 e. The fourth-order valence-corrected chi connectivity index (χ4v) is 8.34. The lowest BCUT2D eigenvalue weighted by Gasteiger charge is -2.62. The largest absolute Gasteiger partial charge is 0.393 e. The summed E-state index contributed by atoms with van der Waals surface area (Å²) in [5, 5.41) is 21.3. The van der Waals surface area contributed by atoms with Crippen molar-refractivity contribution in [2.45, 2.75) is 91.3 Å². The molecule has 2 nitrogen and oxygen atoms in total. The van der Waals surface area contributed by atoms with Gasteiger partial charge in [0.1, 0.15) is 0 Å². The van der Waals surface area contributed by atoms with Crippen molar-refractivity contribution >= 4 is 0 Å². The zero-order chi connectivity index (χ0) is 17.3. The Balaban J connectivity index is 1.65. The Morgan fingerprint density at radius 1 is 0.833 bits per heavy atom. The standard InChI is InChI=1S/C22H38O2/c1-13(2)16-5-6-17-20-18(8-10-22(16,17)4)21(3)9-7-15(23)11-14(21)12-19(20)24/h13-20,23-24H,5-12H2,1-4H3/t14?,15-,16-,17+,18+,19-,20?,21+,22-/m1/s1. The summed E-state index contributed by atoms with van der Waals surface area (Å²) in [5.41, 5.74) is 0.814. The van der Waals surface area contributed by atoms with Crippen LogP contribution in [-0.2, 0) is 0 Å². The highest BCUT2D eigenvalue weighted by Crippen LogP contribution is 2.68. The first-order valence-electron chi connectivity index (χ1n) is 10.6. The zero-order valence-electron chi connectivity index (χ0n) is 16.2. The first-order valence-corrected chi connectivity index (χ1v) is 10.6. The summed E-state index contributed by atoms with van der Waals surface area (Å²) in [5.74, 6) is 4.07. The number of hydrogen-bond donors (Lipinski definition) is 2. The van der Waals surface area contributed by atoms with Gasteiger partial charge in [-0.15, -0.1) is 0 Å². The summed E-state index contributed by atoms with van der Waals surface area (Å²) < 4.78 is 0. The molecule has 0 aromatic rings. The van der Waals surface area contributed by atoms with Crippen LogP contribution in [0.5, 0.6) is 0 Å². The van der Waals surface area contributed by atoms with Crippen molar-refractivity contribution in [2.24, 2.45) is 46.3 Å². The van der Waals surface area contributed by atoms with Gasteiger partial charge in [0.25, 0.3) is 0 Å². The number of hydrogen-bond acceptors (Lipinski definition) is 2. The van der Waals surface area contributed by atoms with Gasteiger partial charge in [0.05, 0.1) is 12.2 Å². The predicted molar refractivity (Wildman–Crippen MR) is 97.5 cm³/mol. The van der Waals surface area contributed by atoms with Crippen molar-refractivity contribution in [2.75, 3.05) is 0 Å². The smallest absolute Gasteiger partial charge is 0.0577 e. The third kappa shape index (κ3) is 2.28. The summed E-state index contributed by atoms with van der Waals surface area (Å²) in [6.45, 7) is 9.87. The van der Waals surface area contributed by atoms with Crippen LogP contribution in [0.1, 0.15) is 79.1 Å². The van der Waals surface area contributed by atoms with Gasteiger partial charge in [0.15, 0.2) is 0 Å². The number of fused-ring (bicyclic) bond motifs is 5. The fraction of sp³-hybridized carbons (Fsp3) is 1.00. The third-order valence-electron chi connectivity index (χ3n) is 9.53. The van der Waals surface area contributed by atoms with Crippen LogP contribution in [0.2, 0.25) is 0 Å². The first kappa shape index (κ1) is 17.3. The van der Waals surface area contributed by atoms with Crippen LogP contribution in [0.3, 0.4) is 0 Å². The van der Waals surface area contributed by atoms with Gasteiger partial charge < -0.3 is 10.2 Å². The summed E-state index contributed by atoms with van der Waals surface area (Å²) in [4.78, 5) is 0. The van der Waals surface area contributed by atoms with Gasteiger partial charge >= 0.3 is 0 Å². The van der Waals surface area contributed by atoms with E-state index in [4.69, 9.17) is 0 Å². The molecule has 0 spiro atoms. The van der Waals surface area contributed by atoms with E-state index in [2.05, 4.69) is 27.7 Å². The van der Waals surface area contributed by atoms with Crippen LogP contribution < -0.4 is 0 Å². The second-order valence-corrected chi connectivity index (χ2v) is 10.7. The highest BCUT2D eigenvalue weighted by atomic mass is 16.3. The van der Waals surface area contributed by atoms with E-state index in [-0.39, 0.29) is 12.2 Å². The van der Waals surface area contributed by atoms with Crippen molar-refractivity contribution in [3.8, 4) is 0 Å². The van der Waals surface area contributed by atoms with E-state index >= 15 is 0 Å². The molecule has 138 valence electrons. The molecule has 4 aliphatic carbocycles. The second-order valence-electron chi connectivity index (χ2n) is 10.7. The first-order chi connectivity index (χ1) is 11.3. The van der Waals surface area contributed by atoms with Crippen LogP contribution in [0.15, 0.2) is 0 Å². The van der Waals surface area contributed by atoms with Crippen LogP contribution in [0.4, 0.5) is 0 Å². The van der Waals surface area contributed by atoms with Crippen LogP contribution in [0, 0.1) is 46.3 Å². The molecule has 0 amide bonds. The summed E-state index contributed by atoms with van der Waals surface area (Å²) >= 11 is 0. The Labute approximate surface area is 148 Å². The highest BCUT2D eigenvalue weighted by molar-refractivity contribution is 5.11. The molecule has 2 N–H and O–H groups in total. The maximum atomic E-state index is 11.1. The lowest BCUT2D eigenvalue weighted by Crippen LogP contribution is -2.58. The minimum absolute atomic E-state index is 0.127. The molecule has 9 atom stereocenters. The third-order valence-corrected chi connectivity index (χ3v) is 9.53. The molecule has 4 fully saturated rings. The average molecular weight is 335 g/mol. The Kier molecular flexibility index (Phi) is 4.12. The van der Waals surface area contributed by atoms with Gasteiger partial charge in [-0.25, -0.2) is 0 Å². The minimum Gasteiger partial charge on any atom is -0.393 e. The van der Waals surface area contributed by atoms with Gasteiger partial charge in [-0.2, -0.15) is 0 Å². The Morgan fingerprint density at radius 3 is 2.21 bits per heavy atom. The van der Waals surface area contributed by atoms with Crippen LogP contribution >= 0.6 is 0 Å². The monoisotopic (exact) mass is 334 g/mol. The average Bonchev–Trinajstić information content (AvgIpc) is 2.86. The minimum atomic E-state index is -0.131. The van der Waals surface area contributed by atoms with Crippen molar-refractivity contribution < 1.29 is 10.2 Å². The van der Waals surface area contributed by atoms with E-state index in [1.54, 1.807) is 0 Å². The molecular weight excluding hydrogens is 296 g/mol. The highest BCUT2D eigenvalue weighted by Gasteiger charge is 2.62. The van der Waals surface area contributed by atoms with E-state index in [0.717, 1.165) is 37.0 Å². The molecule has 4 aliphatic rings. The van der Waals surface area contributed by atoms with Crippen LogP contribution in [0.25, 0.3) is 0 Å². The Hall–Kier alpha value is -0.0800. The van der Waals surface area contributed by atoms with Gasteiger partial charge in [-0.1, -0.05) is 27.7 Å². The SMILES string of the molecule is CC(C)[C@H]1CC[C@H]2C3[C@H](O)CC4C[C@H](O)CC[C@]4(C)[C@H]3CC[C@]12C. The van der Waals surface area contributed by atoms with E-state index < -0.39 is 0 Å². The van der Waals surface area contributed by atoms with Gasteiger partial charge in [-0.05, 0) is 97.7 Å². The molecule has 0 aromatic carbocycles. The van der Waals surface area contributed by atoms with E-state index in [1.165, 1.54) is 32.1 Å². The molecule has 4 rings (SSSR count). The second kappa shape index (κ2) is 5.71. The molecule has 0 saturated heterocycles. The lowest BCUT2D eigenvalue weighted by molar-refractivity contribution is -0.174. The Bertz CT molecular complexity index is 488. The molecule has 2 unspecified atom stereocenters. The maximum absolute atomic E-state index is 11.1. The normalized spacial score (nSPS) is 57.4. The summed E-state index contributed by atoms with van der Waals surface area (Å²) in [6, 6.07) is 0. The molecule has 2 heteroatoms. The van der Waals surface area contributed by atoms with Gasteiger partial charge in [-0.3, -0.25) is 0 Å². The molecule has 0 bridgehead atoms. The van der Waals surface area contributed by atoms with E-state index in [9.17, 15) is 10.2 Å². The van der Waals surface area contributed by atoms with Crippen molar-refractivity contribution in [1.29, 1.82) is 0 Å². The van der Waals surface area contributed by atoms with E-state index in [1.807, 2.05) is 0 Å². The van der Waals surface area contributed by atoms with Gasteiger partial charge in [0, 0.05) is 0 Å². The Morgan fingerprint density at radius 2 is 1.50 bits per heavy atom.